The minimum atomic E-state index is -0.283. The van der Waals surface area contributed by atoms with E-state index in [0.717, 1.165) is 5.56 Å². The summed E-state index contributed by atoms with van der Waals surface area (Å²) in [5, 5.41) is 5.62. The van der Waals surface area contributed by atoms with Crippen LogP contribution in [0, 0.1) is 0 Å². The van der Waals surface area contributed by atoms with Gasteiger partial charge in [0.15, 0.2) is 0 Å². The Morgan fingerprint density at radius 3 is 2.30 bits per heavy atom. The molecule has 1 saturated heterocycles. The topological polar surface area (TPSA) is 70.7 Å². The number of carbonyl (C=O) groups is 2. The second kappa shape index (κ2) is 7.46. The summed E-state index contributed by atoms with van der Waals surface area (Å²) >= 11 is 0. The molecule has 3 amide bonds. The number of hydrogen-bond acceptors (Lipinski definition) is 3. The number of hydrogen-bond donors (Lipinski definition) is 2. The molecule has 0 atom stereocenters. The predicted molar refractivity (Wildman–Crippen MR) is 89.5 cm³/mol. The van der Waals surface area contributed by atoms with Gasteiger partial charge < -0.3 is 20.3 Å². The fourth-order valence-corrected chi connectivity index (χ4v) is 2.31. The molecule has 2 rings (SSSR count). The molecule has 1 aliphatic rings. The third-order valence-electron chi connectivity index (χ3n) is 3.42. The minimum absolute atomic E-state index is 0.111. The molecule has 1 aromatic rings. The molecule has 0 unspecified atom stereocenters. The van der Waals surface area contributed by atoms with Crippen molar-refractivity contribution in [2.75, 3.05) is 31.6 Å². The predicted octanol–water partition coefficient (Wildman–Crippen LogP) is 2.01. The fraction of sp³-hybridized carbons (Fsp3) is 0.529. The first-order valence-electron chi connectivity index (χ1n) is 7.87. The molecule has 0 radical (unpaired) electrons. The van der Waals surface area contributed by atoms with Gasteiger partial charge in [-0.25, -0.2) is 4.79 Å². The number of carbonyl (C=O) groups excluding carboxylic acids is 2. The maximum atomic E-state index is 12.2. The van der Waals surface area contributed by atoms with E-state index < -0.39 is 0 Å². The number of benzene rings is 1. The first kappa shape index (κ1) is 17.3. The van der Waals surface area contributed by atoms with Crippen LogP contribution in [0.4, 0.5) is 10.5 Å². The fourth-order valence-electron chi connectivity index (χ4n) is 2.31. The number of nitrogens with zero attached hydrogens (tertiary/aromatic N) is 1. The first-order chi connectivity index (χ1) is 10.8. The van der Waals surface area contributed by atoms with Crippen LogP contribution in [0.15, 0.2) is 24.3 Å². The van der Waals surface area contributed by atoms with Crippen molar-refractivity contribution in [3.05, 3.63) is 29.8 Å². The Bertz CT molecular complexity index is 543. The average molecular weight is 319 g/mol. The van der Waals surface area contributed by atoms with Crippen LogP contribution in [0.25, 0.3) is 0 Å². The highest BCUT2D eigenvalue weighted by molar-refractivity contribution is 5.89. The zero-order valence-electron chi connectivity index (χ0n) is 14.0. The van der Waals surface area contributed by atoms with E-state index in [2.05, 4.69) is 10.6 Å². The van der Waals surface area contributed by atoms with E-state index >= 15 is 0 Å². The number of anilines is 1. The second-order valence-corrected chi connectivity index (χ2v) is 6.70. The van der Waals surface area contributed by atoms with Gasteiger partial charge in [0.1, 0.15) is 0 Å². The summed E-state index contributed by atoms with van der Waals surface area (Å²) in [4.78, 5) is 25.8. The van der Waals surface area contributed by atoms with E-state index in [0.29, 0.717) is 38.4 Å². The number of nitrogens with one attached hydrogen (secondary N) is 2. The molecule has 1 aromatic carbocycles. The standard InChI is InChI=1S/C17H25N3O3/c1-17(2,3)19-16(22)18-14-6-4-13(5-7-14)12-15(21)20-8-10-23-11-9-20/h4-7H,8-12H2,1-3H3,(H2,18,19,22). The number of morpholine rings is 1. The van der Waals surface area contributed by atoms with Gasteiger partial charge in [-0.05, 0) is 38.5 Å². The number of rotatable bonds is 3. The van der Waals surface area contributed by atoms with Crippen LogP contribution >= 0.6 is 0 Å². The van der Waals surface area contributed by atoms with Gasteiger partial charge in [0.25, 0.3) is 0 Å². The largest absolute Gasteiger partial charge is 0.378 e. The lowest BCUT2D eigenvalue weighted by Crippen LogP contribution is -2.43. The zero-order valence-corrected chi connectivity index (χ0v) is 14.0. The van der Waals surface area contributed by atoms with Gasteiger partial charge in [0, 0.05) is 24.3 Å². The van der Waals surface area contributed by atoms with E-state index in [-0.39, 0.29) is 17.5 Å². The van der Waals surface area contributed by atoms with E-state index in [1.165, 1.54) is 0 Å². The highest BCUT2D eigenvalue weighted by Gasteiger charge is 2.17. The maximum absolute atomic E-state index is 12.2. The van der Waals surface area contributed by atoms with Crippen LogP contribution in [0.5, 0.6) is 0 Å². The van der Waals surface area contributed by atoms with E-state index in [1.54, 1.807) is 0 Å². The Morgan fingerprint density at radius 1 is 1.13 bits per heavy atom. The van der Waals surface area contributed by atoms with Gasteiger partial charge in [0.2, 0.25) is 5.91 Å². The molecule has 23 heavy (non-hydrogen) atoms. The highest BCUT2D eigenvalue weighted by Crippen LogP contribution is 2.12. The number of amides is 3. The molecule has 6 heteroatoms. The smallest absolute Gasteiger partial charge is 0.319 e. The normalized spacial score (nSPS) is 15.2. The van der Waals surface area contributed by atoms with Gasteiger partial charge in [-0.15, -0.1) is 0 Å². The van der Waals surface area contributed by atoms with E-state index in [9.17, 15) is 9.59 Å². The molecule has 0 bridgehead atoms. The van der Waals surface area contributed by atoms with Gasteiger partial charge in [-0.3, -0.25) is 4.79 Å². The molecule has 0 spiro atoms. The third-order valence-corrected chi connectivity index (χ3v) is 3.42. The molecule has 1 fully saturated rings. The summed E-state index contributed by atoms with van der Waals surface area (Å²) < 4.78 is 5.25. The Kier molecular flexibility index (Phi) is 5.60. The monoisotopic (exact) mass is 319 g/mol. The van der Waals surface area contributed by atoms with Crippen molar-refractivity contribution in [1.82, 2.24) is 10.2 Å². The van der Waals surface area contributed by atoms with Crippen molar-refractivity contribution < 1.29 is 14.3 Å². The second-order valence-electron chi connectivity index (χ2n) is 6.70. The van der Waals surface area contributed by atoms with Crippen molar-refractivity contribution in [2.24, 2.45) is 0 Å². The molecular formula is C17H25N3O3. The molecule has 6 nitrogen and oxygen atoms in total. The van der Waals surface area contributed by atoms with Gasteiger partial charge in [-0.2, -0.15) is 0 Å². The quantitative estimate of drug-likeness (QED) is 0.895. The van der Waals surface area contributed by atoms with Crippen LogP contribution < -0.4 is 10.6 Å². The van der Waals surface area contributed by atoms with Crippen molar-refractivity contribution in [2.45, 2.75) is 32.7 Å². The first-order valence-corrected chi connectivity index (χ1v) is 7.87. The van der Waals surface area contributed by atoms with Crippen molar-refractivity contribution in [1.29, 1.82) is 0 Å². The van der Waals surface area contributed by atoms with Crippen molar-refractivity contribution in [3.63, 3.8) is 0 Å². The molecular weight excluding hydrogens is 294 g/mol. The molecule has 2 N–H and O–H groups in total. The molecule has 1 aliphatic heterocycles. The zero-order chi connectivity index (χ0) is 16.9. The van der Waals surface area contributed by atoms with Crippen LogP contribution in [-0.4, -0.2) is 48.7 Å². The highest BCUT2D eigenvalue weighted by atomic mass is 16.5. The Hall–Kier alpha value is -2.08. The molecule has 126 valence electrons. The van der Waals surface area contributed by atoms with Crippen LogP contribution in [-0.2, 0) is 16.0 Å². The molecule has 0 aliphatic carbocycles. The summed E-state index contributed by atoms with van der Waals surface area (Å²) in [5.41, 5.74) is 1.35. The van der Waals surface area contributed by atoms with Gasteiger partial charge in [0.05, 0.1) is 19.6 Å². The lowest BCUT2D eigenvalue weighted by atomic mass is 10.1. The van der Waals surface area contributed by atoms with Crippen molar-refractivity contribution >= 4 is 17.6 Å². The van der Waals surface area contributed by atoms with E-state index in [4.69, 9.17) is 4.74 Å². The molecule has 0 saturated carbocycles. The van der Waals surface area contributed by atoms with E-state index in [1.807, 2.05) is 49.9 Å². The number of urea groups is 1. The average Bonchev–Trinajstić information content (AvgIpc) is 2.48. The lowest BCUT2D eigenvalue weighted by Gasteiger charge is -2.26. The summed E-state index contributed by atoms with van der Waals surface area (Å²) in [6, 6.07) is 7.11. The summed E-state index contributed by atoms with van der Waals surface area (Å²) in [6.45, 7) is 8.30. The van der Waals surface area contributed by atoms with Crippen molar-refractivity contribution in [3.8, 4) is 0 Å². The van der Waals surface area contributed by atoms with Crippen LogP contribution in [0.2, 0.25) is 0 Å². The minimum Gasteiger partial charge on any atom is -0.378 e. The SMILES string of the molecule is CC(C)(C)NC(=O)Nc1ccc(CC(=O)N2CCOCC2)cc1. The summed E-state index contributed by atoms with van der Waals surface area (Å²) in [5.74, 6) is 0.111. The number of ether oxygens (including phenoxy) is 1. The summed E-state index contributed by atoms with van der Waals surface area (Å²) in [6.07, 6.45) is 0.370. The molecule has 0 aromatic heterocycles. The Labute approximate surface area is 137 Å². The molecule has 1 heterocycles. The Balaban J connectivity index is 1.86. The third kappa shape index (κ3) is 5.90. The maximum Gasteiger partial charge on any atom is 0.319 e. The summed E-state index contributed by atoms with van der Waals surface area (Å²) in [7, 11) is 0. The lowest BCUT2D eigenvalue weighted by molar-refractivity contribution is -0.134. The van der Waals surface area contributed by atoms with Crippen LogP contribution in [0.3, 0.4) is 0 Å². The van der Waals surface area contributed by atoms with Gasteiger partial charge in [-0.1, -0.05) is 12.1 Å². The van der Waals surface area contributed by atoms with Gasteiger partial charge >= 0.3 is 6.03 Å². The van der Waals surface area contributed by atoms with Crippen LogP contribution in [0.1, 0.15) is 26.3 Å². The Morgan fingerprint density at radius 2 is 1.74 bits per heavy atom.